The minimum Gasteiger partial charge on any atom is -0.399 e. The Morgan fingerprint density at radius 1 is 1.14 bits per heavy atom. The molecular formula is C15H16F3N3. The summed E-state index contributed by atoms with van der Waals surface area (Å²) in [5, 5.41) is 0. The third kappa shape index (κ3) is 4.19. The highest BCUT2D eigenvalue weighted by molar-refractivity contribution is 5.46. The van der Waals surface area contributed by atoms with E-state index in [0.717, 1.165) is 11.8 Å². The van der Waals surface area contributed by atoms with Crippen LogP contribution in [0.25, 0.3) is 0 Å². The van der Waals surface area contributed by atoms with Crippen LogP contribution >= 0.6 is 0 Å². The van der Waals surface area contributed by atoms with E-state index in [2.05, 4.69) is 4.98 Å². The van der Waals surface area contributed by atoms with Gasteiger partial charge in [-0.1, -0.05) is 12.1 Å². The van der Waals surface area contributed by atoms with E-state index in [1.165, 1.54) is 12.1 Å². The Kier molecular flexibility index (Phi) is 4.47. The van der Waals surface area contributed by atoms with Gasteiger partial charge in [-0.3, -0.25) is 9.88 Å². The van der Waals surface area contributed by atoms with Gasteiger partial charge in [-0.25, -0.2) is 0 Å². The van der Waals surface area contributed by atoms with Gasteiger partial charge in [-0.15, -0.1) is 0 Å². The smallest absolute Gasteiger partial charge is 0.399 e. The first-order valence-corrected chi connectivity index (χ1v) is 6.40. The Labute approximate surface area is 121 Å². The number of aromatic nitrogens is 1. The molecule has 21 heavy (non-hydrogen) atoms. The van der Waals surface area contributed by atoms with E-state index in [1.54, 1.807) is 24.2 Å². The van der Waals surface area contributed by atoms with Crippen LogP contribution in [0, 0.1) is 0 Å². The second-order valence-corrected chi connectivity index (χ2v) is 4.91. The van der Waals surface area contributed by atoms with E-state index in [4.69, 9.17) is 5.73 Å². The van der Waals surface area contributed by atoms with Crippen molar-refractivity contribution in [3.05, 3.63) is 59.4 Å². The molecule has 0 radical (unpaired) electrons. The highest BCUT2D eigenvalue weighted by atomic mass is 19.4. The van der Waals surface area contributed by atoms with Gasteiger partial charge in [0, 0.05) is 25.0 Å². The molecule has 0 spiro atoms. The number of hydrogen-bond acceptors (Lipinski definition) is 3. The number of halogens is 3. The Balaban J connectivity index is 2.16. The van der Waals surface area contributed by atoms with Gasteiger partial charge in [0.2, 0.25) is 0 Å². The first kappa shape index (κ1) is 15.3. The molecule has 0 aliphatic carbocycles. The highest BCUT2D eigenvalue weighted by Crippen LogP contribution is 2.33. The maximum atomic E-state index is 13.0. The van der Waals surface area contributed by atoms with Crippen molar-refractivity contribution in [3.8, 4) is 0 Å². The van der Waals surface area contributed by atoms with E-state index in [-0.39, 0.29) is 17.8 Å². The zero-order valence-corrected chi connectivity index (χ0v) is 11.6. The van der Waals surface area contributed by atoms with E-state index >= 15 is 0 Å². The number of rotatable bonds is 4. The number of benzene rings is 1. The van der Waals surface area contributed by atoms with E-state index < -0.39 is 11.7 Å². The fraction of sp³-hybridized carbons (Fsp3) is 0.267. The second-order valence-electron chi connectivity index (χ2n) is 4.91. The summed E-state index contributed by atoms with van der Waals surface area (Å²) >= 11 is 0. The summed E-state index contributed by atoms with van der Waals surface area (Å²) in [7, 11) is 1.76. The van der Waals surface area contributed by atoms with Crippen molar-refractivity contribution in [2.45, 2.75) is 19.3 Å². The minimum atomic E-state index is -4.41. The molecule has 0 saturated carbocycles. The monoisotopic (exact) mass is 295 g/mol. The van der Waals surface area contributed by atoms with Gasteiger partial charge in [0.15, 0.2) is 0 Å². The minimum absolute atomic E-state index is 0.110. The van der Waals surface area contributed by atoms with Crippen LogP contribution in [0.1, 0.15) is 16.8 Å². The molecule has 0 fully saturated rings. The lowest BCUT2D eigenvalue weighted by Crippen LogP contribution is -2.21. The molecule has 1 aromatic heterocycles. The SMILES string of the molecule is CN(Cc1ccccn1)Cc1ccc(N)cc1C(F)(F)F. The van der Waals surface area contributed by atoms with E-state index in [0.29, 0.717) is 6.54 Å². The van der Waals surface area contributed by atoms with Crippen LogP contribution in [0.15, 0.2) is 42.6 Å². The highest BCUT2D eigenvalue weighted by Gasteiger charge is 2.33. The Morgan fingerprint density at radius 3 is 2.52 bits per heavy atom. The van der Waals surface area contributed by atoms with Crippen molar-refractivity contribution >= 4 is 5.69 Å². The van der Waals surface area contributed by atoms with Crippen molar-refractivity contribution < 1.29 is 13.2 Å². The molecule has 0 amide bonds. The third-order valence-electron chi connectivity index (χ3n) is 3.04. The molecule has 0 atom stereocenters. The lowest BCUT2D eigenvalue weighted by molar-refractivity contribution is -0.138. The van der Waals surface area contributed by atoms with Gasteiger partial charge in [0.1, 0.15) is 0 Å². The topological polar surface area (TPSA) is 42.2 Å². The molecule has 0 bridgehead atoms. The summed E-state index contributed by atoms with van der Waals surface area (Å²) in [5.41, 5.74) is 5.89. The van der Waals surface area contributed by atoms with Crippen LogP contribution in [-0.2, 0) is 19.3 Å². The summed E-state index contributed by atoms with van der Waals surface area (Å²) in [6.45, 7) is 0.647. The zero-order chi connectivity index (χ0) is 15.5. The van der Waals surface area contributed by atoms with Gasteiger partial charge < -0.3 is 5.73 Å². The Bertz CT molecular complexity index is 597. The molecule has 0 aliphatic heterocycles. The fourth-order valence-electron chi connectivity index (χ4n) is 2.11. The van der Waals surface area contributed by atoms with Crippen LogP contribution in [0.5, 0.6) is 0 Å². The first-order valence-electron chi connectivity index (χ1n) is 6.40. The first-order chi connectivity index (χ1) is 9.86. The fourth-order valence-corrected chi connectivity index (χ4v) is 2.11. The van der Waals surface area contributed by atoms with Crippen LogP contribution in [-0.4, -0.2) is 16.9 Å². The average Bonchev–Trinajstić information content (AvgIpc) is 2.40. The number of pyridine rings is 1. The van der Waals surface area contributed by atoms with Crippen molar-refractivity contribution in [3.63, 3.8) is 0 Å². The predicted molar refractivity (Wildman–Crippen MR) is 75.3 cm³/mol. The number of nitrogens with zero attached hydrogens (tertiary/aromatic N) is 2. The maximum Gasteiger partial charge on any atom is 0.416 e. The molecule has 1 aromatic carbocycles. The van der Waals surface area contributed by atoms with Crippen LogP contribution in [0.4, 0.5) is 18.9 Å². The van der Waals surface area contributed by atoms with Gasteiger partial charge in [0.25, 0.3) is 0 Å². The van der Waals surface area contributed by atoms with E-state index in [9.17, 15) is 13.2 Å². The van der Waals surface area contributed by atoms with Crippen LogP contribution in [0.2, 0.25) is 0 Å². The summed E-state index contributed by atoms with van der Waals surface area (Å²) in [4.78, 5) is 5.94. The molecule has 6 heteroatoms. The molecule has 3 nitrogen and oxygen atoms in total. The Hall–Kier alpha value is -2.08. The molecular weight excluding hydrogens is 279 g/mol. The van der Waals surface area contributed by atoms with Crippen LogP contribution in [0.3, 0.4) is 0 Å². The molecule has 0 unspecified atom stereocenters. The number of nitrogens with two attached hydrogens (primary N) is 1. The largest absolute Gasteiger partial charge is 0.416 e. The second kappa shape index (κ2) is 6.13. The standard InChI is InChI=1S/C15H16F3N3/c1-21(10-13-4-2-3-7-20-13)9-11-5-6-12(19)8-14(11)15(16,17)18/h2-8H,9-10,19H2,1H3. The molecule has 2 aromatic rings. The van der Waals surface area contributed by atoms with Gasteiger partial charge >= 0.3 is 6.18 Å². The lowest BCUT2D eigenvalue weighted by atomic mass is 10.1. The van der Waals surface area contributed by atoms with Crippen molar-refractivity contribution in [2.24, 2.45) is 0 Å². The average molecular weight is 295 g/mol. The summed E-state index contributed by atoms with van der Waals surface area (Å²) < 4.78 is 39.1. The van der Waals surface area contributed by atoms with Crippen molar-refractivity contribution in [1.29, 1.82) is 0 Å². The summed E-state index contributed by atoms with van der Waals surface area (Å²) in [5.74, 6) is 0. The number of anilines is 1. The molecule has 1 heterocycles. The zero-order valence-electron chi connectivity index (χ0n) is 11.6. The number of hydrogen-bond donors (Lipinski definition) is 1. The maximum absolute atomic E-state index is 13.0. The molecule has 0 aliphatic rings. The third-order valence-corrected chi connectivity index (χ3v) is 3.04. The lowest BCUT2D eigenvalue weighted by Gasteiger charge is -2.20. The summed E-state index contributed by atoms with van der Waals surface area (Å²) in [6, 6.07) is 9.37. The Morgan fingerprint density at radius 2 is 1.90 bits per heavy atom. The van der Waals surface area contributed by atoms with E-state index in [1.807, 2.05) is 12.1 Å². The van der Waals surface area contributed by atoms with Gasteiger partial charge in [0.05, 0.1) is 11.3 Å². The molecule has 112 valence electrons. The van der Waals surface area contributed by atoms with Gasteiger partial charge in [-0.2, -0.15) is 13.2 Å². The van der Waals surface area contributed by atoms with Crippen molar-refractivity contribution in [1.82, 2.24) is 9.88 Å². The summed E-state index contributed by atoms with van der Waals surface area (Å²) in [6.07, 6.45) is -2.75. The number of alkyl halides is 3. The number of nitrogen functional groups attached to an aromatic ring is 1. The molecule has 0 saturated heterocycles. The quantitative estimate of drug-likeness (QED) is 0.880. The predicted octanol–water partition coefficient (Wildman–Crippen LogP) is 3.31. The van der Waals surface area contributed by atoms with Gasteiger partial charge in [-0.05, 0) is 36.9 Å². The normalized spacial score (nSPS) is 11.9. The van der Waals surface area contributed by atoms with Crippen LogP contribution < -0.4 is 5.73 Å². The molecule has 2 rings (SSSR count). The van der Waals surface area contributed by atoms with Crippen molar-refractivity contribution in [2.75, 3.05) is 12.8 Å². The molecule has 2 N–H and O–H groups in total.